The second-order valence-electron chi connectivity index (χ2n) is 7.79. The molecule has 1 spiro atoms. The SMILES string of the molecule is O=C(O)c1ccccc1-c1ccccc1C(=O)N1CCOCC2(CCOCC2)C1. The highest BCUT2D eigenvalue weighted by Crippen LogP contribution is 2.35. The average molecular weight is 395 g/mol. The van der Waals surface area contributed by atoms with Gasteiger partial charge >= 0.3 is 5.97 Å². The molecule has 2 saturated heterocycles. The fourth-order valence-electron chi connectivity index (χ4n) is 4.25. The van der Waals surface area contributed by atoms with Crippen LogP contribution >= 0.6 is 0 Å². The normalized spacial score (nSPS) is 19.0. The highest BCUT2D eigenvalue weighted by atomic mass is 16.5. The summed E-state index contributed by atoms with van der Waals surface area (Å²) in [4.78, 5) is 27.1. The lowest BCUT2D eigenvalue weighted by atomic mass is 9.80. The summed E-state index contributed by atoms with van der Waals surface area (Å²) in [6.07, 6.45) is 1.75. The number of carbonyl (C=O) groups excluding carboxylic acids is 1. The molecule has 0 bridgehead atoms. The monoisotopic (exact) mass is 395 g/mol. The van der Waals surface area contributed by atoms with Crippen LogP contribution in [0.4, 0.5) is 0 Å². The number of rotatable bonds is 3. The van der Waals surface area contributed by atoms with Gasteiger partial charge in [0.2, 0.25) is 0 Å². The van der Waals surface area contributed by atoms with Crippen molar-refractivity contribution in [3.63, 3.8) is 0 Å². The Morgan fingerprint density at radius 2 is 1.48 bits per heavy atom. The summed E-state index contributed by atoms with van der Waals surface area (Å²) in [5, 5.41) is 9.58. The summed E-state index contributed by atoms with van der Waals surface area (Å²) in [5.41, 5.74) is 1.83. The van der Waals surface area contributed by atoms with Gasteiger partial charge in [-0.3, -0.25) is 4.79 Å². The van der Waals surface area contributed by atoms with Gasteiger partial charge in [-0.1, -0.05) is 36.4 Å². The Kier molecular flexibility index (Phi) is 5.65. The maximum atomic E-state index is 13.5. The largest absolute Gasteiger partial charge is 0.478 e. The summed E-state index contributed by atoms with van der Waals surface area (Å²) in [7, 11) is 0. The molecule has 2 heterocycles. The van der Waals surface area contributed by atoms with Crippen molar-refractivity contribution in [3.8, 4) is 11.1 Å². The van der Waals surface area contributed by atoms with Crippen LogP contribution in [-0.2, 0) is 9.47 Å². The summed E-state index contributed by atoms with van der Waals surface area (Å²) in [6.45, 7) is 3.67. The van der Waals surface area contributed by atoms with Gasteiger partial charge < -0.3 is 19.5 Å². The van der Waals surface area contributed by atoms with Gasteiger partial charge in [-0.25, -0.2) is 4.79 Å². The second kappa shape index (κ2) is 8.35. The van der Waals surface area contributed by atoms with Crippen LogP contribution in [0, 0.1) is 5.41 Å². The number of carboxylic acids is 1. The Balaban J connectivity index is 1.69. The van der Waals surface area contributed by atoms with E-state index in [9.17, 15) is 14.7 Å². The third kappa shape index (κ3) is 4.04. The number of hydrogen-bond donors (Lipinski definition) is 1. The predicted octanol–water partition coefficient (Wildman–Crippen LogP) is 3.32. The Bertz CT molecular complexity index is 904. The molecular weight excluding hydrogens is 370 g/mol. The van der Waals surface area contributed by atoms with Crippen molar-refractivity contribution in [1.82, 2.24) is 4.90 Å². The van der Waals surface area contributed by atoms with Gasteiger partial charge in [-0.05, 0) is 36.1 Å². The van der Waals surface area contributed by atoms with Gasteiger partial charge in [-0.15, -0.1) is 0 Å². The molecule has 29 heavy (non-hydrogen) atoms. The first-order chi connectivity index (χ1) is 14.1. The molecule has 6 heteroatoms. The van der Waals surface area contributed by atoms with Crippen LogP contribution in [0.15, 0.2) is 48.5 Å². The third-order valence-electron chi connectivity index (χ3n) is 5.89. The molecule has 0 radical (unpaired) electrons. The van der Waals surface area contributed by atoms with E-state index < -0.39 is 5.97 Å². The number of benzene rings is 2. The first-order valence-corrected chi connectivity index (χ1v) is 9.96. The van der Waals surface area contributed by atoms with Crippen LogP contribution in [-0.4, -0.2) is 61.4 Å². The number of nitrogens with zero attached hydrogens (tertiary/aromatic N) is 1. The Morgan fingerprint density at radius 1 is 0.862 bits per heavy atom. The summed E-state index contributed by atoms with van der Waals surface area (Å²) < 4.78 is 11.4. The van der Waals surface area contributed by atoms with E-state index in [-0.39, 0.29) is 16.9 Å². The van der Waals surface area contributed by atoms with Crippen LogP contribution in [0.3, 0.4) is 0 Å². The maximum absolute atomic E-state index is 13.5. The van der Waals surface area contributed by atoms with Crippen molar-refractivity contribution in [2.75, 3.05) is 39.5 Å². The van der Waals surface area contributed by atoms with E-state index in [1.807, 2.05) is 23.1 Å². The number of ether oxygens (including phenoxy) is 2. The Morgan fingerprint density at radius 3 is 2.17 bits per heavy atom. The Hall–Kier alpha value is -2.70. The third-order valence-corrected chi connectivity index (χ3v) is 5.89. The number of carbonyl (C=O) groups is 2. The molecular formula is C23H25NO5. The minimum Gasteiger partial charge on any atom is -0.478 e. The van der Waals surface area contributed by atoms with E-state index in [4.69, 9.17) is 9.47 Å². The van der Waals surface area contributed by atoms with Crippen molar-refractivity contribution >= 4 is 11.9 Å². The lowest BCUT2D eigenvalue weighted by molar-refractivity contribution is -0.0304. The highest BCUT2D eigenvalue weighted by Gasteiger charge is 2.38. The molecule has 0 saturated carbocycles. The number of amides is 1. The summed E-state index contributed by atoms with van der Waals surface area (Å²) in [5.74, 6) is -1.09. The van der Waals surface area contributed by atoms with E-state index in [2.05, 4.69) is 0 Å². The van der Waals surface area contributed by atoms with Crippen molar-refractivity contribution < 1.29 is 24.2 Å². The average Bonchev–Trinajstić information content (AvgIpc) is 2.96. The molecule has 4 rings (SSSR count). The smallest absolute Gasteiger partial charge is 0.336 e. The summed E-state index contributed by atoms with van der Waals surface area (Å²) >= 11 is 0. The standard InChI is InChI=1S/C23H25NO5/c25-21(24-11-14-29-16-23(15-24)9-12-28-13-10-23)19-7-3-1-5-17(19)18-6-2-4-8-20(18)22(26)27/h1-8H,9-16H2,(H,26,27). The number of aromatic carboxylic acids is 1. The van der Waals surface area contributed by atoms with E-state index in [0.29, 0.717) is 56.2 Å². The zero-order chi connectivity index (χ0) is 20.3. The van der Waals surface area contributed by atoms with Gasteiger partial charge in [0.05, 0.1) is 18.8 Å². The van der Waals surface area contributed by atoms with Gasteiger partial charge in [0.15, 0.2) is 0 Å². The molecule has 2 fully saturated rings. The molecule has 1 amide bonds. The molecule has 152 valence electrons. The molecule has 1 N–H and O–H groups in total. The molecule has 2 aromatic rings. The van der Waals surface area contributed by atoms with Crippen LogP contribution in [0.5, 0.6) is 0 Å². The molecule has 0 aromatic heterocycles. The van der Waals surface area contributed by atoms with Crippen molar-refractivity contribution in [2.24, 2.45) is 5.41 Å². The van der Waals surface area contributed by atoms with Crippen molar-refractivity contribution in [2.45, 2.75) is 12.8 Å². The fraction of sp³-hybridized carbons (Fsp3) is 0.391. The molecule has 0 atom stereocenters. The van der Waals surface area contributed by atoms with Crippen LogP contribution in [0.25, 0.3) is 11.1 Å². The molecule has 2 aliphatic rings. The lowest BCUT2D eigenvalue weighted by Gasteiger charge is -2.38. The van der Waals surface area contributed by atoms with Crippen LogP contribution in [0.2, 0.25) is 0 Å². The molecule has 6 nitrogen and oxygen atoms in total. The van der Waals surface area contributed by atoms with Crippen LogP contribution < -0.4 is 0 Å². The Labute approximate surface area is 170 Å². The van der Waals surface area contributed by atoms with Gasteiger partial charge in [-0.2, -0.15) is 0 Å². The fourth-order valence-corrected chi connectivity index (χ4v) is 4.25. The first kappa shape index (κ1) is 19.6. The van der Waals surface area contributed by atoms with Crippen molar-refractivity contribution in [3.05, 3.63) is 59.7 Å². The van der Waals surface area contributed by atoms with Gasteiger partial charge in [0, 0.05) is 37.3 Å². The quantitative estimate of drug-likeness (QED) is 0.863. The van der Waals surface area contributed by atoms with Gasteiger partial charge in [0.1, 0.15) is 0 Å². The molecule has 2 aliphatic heterocycles. The van der Waals surface area contributed by atoms with E-state index in [0.717, 1.165) is 12.8 Å². The van der Waals surface area contributed by atoms with Gasteiger partial charge in [0.25, 0.3) is 5.91 Å². The maximum Gasteiger partial charge on any atom is 0.336 e. The van der Waals surface area contributed by atoms with E-state index in [1.54, 1.807) is 30.3 Å². The minimum absolute atomic E-state index is 0.0711. The number of carboxylic acid groups (broad SMARTS) is 1. The molecule has 0 aliphatic carbocycles. The highest BCUT2D eigenvalue weighted by molar-refractivity contribution is 6.04. The minimum atomic E-state index is -1.01. The summed E-state index contributed by atoms with van der Waals surface area (Å²) in [6, 6.07) is 14.0. The second-order valence-corrected chi connectivity index (χ2v) is 7.79. The zero-order valence-electron chi connectivity index (χ0n) is 16.3. The number of hydrogen-bond acceptors (Lipinski definition) is 4. The molecule has 0 unspecified atom stereocenters. The van der Waals surface area contributed by atoms with Crippen LogP contribution in [0.1, 0.15) is 33.6 Å². The molecule has 2 aromatic carbocycles. The van der Waals surface area contributed by atoms with E-state index >= 15 is 0 Å². The predicted molar refractivity (Wildman–Crippen MR) is 108 cm³/mol. The van der Waals surface area contributed by atoms with E-state index in [1.165, 1.54) is 0 Å². The topological polar surface area (TPSA) is 76.1 Å². The lowest BCUT2D eigenvalue weighted by Crippen LogP contribution is -2.44. The zero-order valence-corrected chi connectivity index (χ0v) is 16.3. The first-order valence-electron chi connectivity index (χ1n) is 9.96. The van der Waals surface area contributed by atoms with Crippen molar-refractivity contribution in [1.29, 1.82) is 0 Å².